The van der Waals surface area contributed by atoms with Crippen LogP contribution in [-0.4, -0.2) is 36.1 Å². The molecule has 19 heavy (non-hydrogen) atoms. The van der Waals surface area contributed by atoms with Crippen LogP contribution in [-0.2, 0) is 14.9 Å². The van der Waals surface area contributed by atoms with E-state index >= 15 is 0 Å². The SMILES string of the molecule is COC(=O)c1cc(C(C)(C)C)n(C2CCOCC2)n1. The maximum absolute atomic E-state index is 11.7. The smallest absolute Gasteiger partial charge is 0.358 e. The Morgan fingerprint density at radius 1 is 1.42 bits per heavy atom. The number of hydrogen-bond acceptors (Lipinski definition) is 4. The van der Waals surface area contributed by atoms with Crippen molar-refractivity contribution in [1.82, 2.24) is 9.78 Å². The molecule has 2 rings (SSSR count). The number of methoxy groups -OCH3 is 1. The molecule has 0 bridgehead atoms. The summed E-state index contributed by atoms with van der Waals surface area (Å²) < 4.78 is 12.1. The van der Waals surface area contributed by atoms with Gasteiger partial charge < -0.3 is 9.47 Å². The van der Waals surface area contributed by atoms with Crippen molar-refractivity contribution in [3.8, 4) is 0 Å². The highest BCUT2D eigenvalue weighted by molar-refractivity contribution is 5.87. The van der Waals surface area contributed by atoms with E-state index in [1.807, 2.05) is 10.7 Å². The van der Waals surface area contributed by atoms with E-state index in [-0.39, 0.29) is 11.4 Å². The molecule has 0 aliphatic carbocycles. The number of aromatic nitrogens is 2. The Bertz CT molecular complexity index is 454. The summed E-state index contributed by atoms with van der Waals surface area (Å²) in [5.41, 5.74) is 1.40. The molecular weight excluding hydrogens is 244 g/mol. The van der Waals surface area contributed by atoms with Crippen molar-refractivity contribution in [1.29, 1.82) is 0 Å². The Kier molecular flexibility index (Phi) is 3.94. The van der Waals surface area contributed by atoms with Gasteiger partial charge in [0.05, 0.1) is 13.2 Å². The summed E-state index contributed by atoms with van der Waals surface area (Å²) in [5.74, 6) is -0.378. The molecule has 0 saturated carbocycles. The monoisotopic (exact) mass is 266 g/mol. The second-order valence-electron chi connectivity index (χ2n) is 5.94. The zero-order chi connectivity index (χ0) is 14.0. The van der Waals surface area contributed by atoms with E-state index in [0.717, 1.165) is 31.7 Å². The van der Waals surface area contributed by atoms with Crippen LogP contribution in [0.25, 0.3) is 0 Å². The van der Waals surface area contributed by atoms with Crippen LogP contribution in [0.2, 0.25) is 0 Å². The first-order valence-corrected chi connectivity index (χ1v) is 6.69. The molecule has 1 fully saturated rings. The quantitative estimate of drug-likeness (QED) is 0.771. The molecule has 1 aromatic rings. The molecule has 5 nitrogen and oxygen atoms in total. The van der Waals surface area contributed by atoms with E-state index in [9.17, 15) is 4.79 Å². The third kappa shape index (κ3) is 2.97. The lowest BCUT2D eigenvalue weighted by atomic mass is 9.91. The van der Waals surface area contributed by atoms with Crippen molar-refractivity contribution in [3.63, 3.8) is 0 Å². The molecule has 1 aromatic heterocycles. The zero-order valence-corrected chi connectivity index (χ0v) is 12.1. The van der Waals surface area contributed by atoms with Crippen molar-refractivity contribution >= 4 is 5.97 Å². The molecule has 1 aliphatic heterocycles. The van der Waals surface area contributed by atoms with E-state index in [1.54, 1.807) is 0 Å². The maximum atomic E-state index is 11.7. The van der Waals surface area contributed by atoms with Crippen LogP contribution >= 0.6 is 0 Å². The van der Waals surface area contributed by atoms with Gasteiger partial charge in [-0.15, -0.1) is 0 Å². The Balaban J connectivity index is 2.39. The predicted molar refractivity (Wildman–Crippen MR) is 71.4 cm³/mol. The summed E-state index contributed by atoms with van der Waals surface area (Å²) in [6.07, 6.45) is 1.87. The molecule has 106 valence electrons. The molecular formula is C14H22N2O3. The fraction of sp³-hybridized carbons (Fsp3) is 0.714. The van der Waals surface area contributed by atoms with Gasteiger partial charge in [-0.05, 0) is 18.9 Å². The summed E-state index contributed by atoms with van der Waals surface area (Å²) in [7, 11) is 1.38. The third-order valence-electron chi connectivity index (χ3n) is 3.44. The highest BCUT2D eigenvalue weighted by Gasteiger charge is 2.28. The minimum atomic E-state index is -0.378. The van der Waals surface area contributed by atoms with Crippen molar-refractivity contribution in [2.75, 3.05) is 20.3 Å². The minimum Gasteiger partial charge on any atom is -0.464 e. The van der Waals surface area contributed by atoms with E-state index in [1.165, 1.54) is 7.11 Å². The standard InChI is InChI=1S/C14H22N2O3/c1-14(2,3)12-9-11(13(17)18-4)15-16(12)10-5-7-19-8-6-10/h9-10H,5-8H2,1-4H3. The predicted octanol–water partition coefficient (Wildman–Crippen LogP) is 2.32. The van der Waals surface area contributed by atoms with E-state index in [0.29, 0.717) is 11.7 Å². The van der Waals surface area contributed by atoms with E-state index in [2.05, 4.69) is 25.9 Å². The van der Waals surface area contributed by atoms with Crippen LogP contribution < -0.4 is 0 Å². The van der Waals surface area contributed by atoms with Gasteiger partial charge in [0.25, 0.3) is 0 Å². The number of hydrogen-bond donors (Lipinski definition) is 0. The molecule has 0 amide bonds. The van der Waals surface area contributed by atoms with E-state index < -0.39 is 0 Å². The summed E-state index contributed by atoms with van der Waals surface area (Å²) in [4.78, 5) is 11.7. The minimum absolute atomic E-state index is 0.0580. The Morgan fingerprint density at radius 3 is 2.58 bits per heavy atom. The number of esters is 1. The second kappa shape index (κ2) is 5.33. The van der Waals surface area contributed by atoms with Gasteiger partial charge in [-0.3, -0.25) is 4.68 Å². The largest absolute Gasteiger partial charge is 0.464 e. The summed E-state index contributed by atoms with van der Waals surface area (Å²) >= 11 is 0. The fourth-order valence-electron chi connectivity index (χ4n) is 2.37. The number of carbonyl (C=O) groups is 1. The van der Waals surface area contributed by atoms with Gasteiger partial charge in [0.2, 0.25) is 0 Å². The maximum Gasteiger partial charge on any atom is 0.358 e. The number of nitrogens with zero attached hydrogens (tertiary/aromatic N) is 2. The number of carbonyl (C=O) groups excluding carboxylic acids is 1. The van der Waals surface area contributed by atoms with Gasteiger partial charge in [0, 0.05) is 24.3 Å². The molecule has 0 unspecified atom stereocenters. The van der Waals surface area contributed by atoms with Gasteiger partial charge in [0.15, 0.2) is 5.69 Å². The molecule has 0 aromatic carbocycles. The number of rotatable bonds is 2. The van der Waals surface area contributed by atoms with E-state index in [4.69, 9.17) is 9.47 Å². The zero-order valence-electron chi connectivity index (χ0n) is 12.1. The Labute approximate surface area is 113 Å². The molecule has 1 aliphatic rings. The van der Waals surface area contributed by atoms with Gasteiger partial charge in [0.1, 0.15) is 0 Å². The summed E-state index contributed by atoms with van der Waals surface area (Å²) in [5, 5.41) is 4.46. The Morgan fingerprint density at radius 2 is 2.05 bits per heavy atom. The van der Waals surface area contributed by atoms with Crippen molar-refractivity contribution in [2.24, 2.45) is 0 Å². The van der Waals surface area contributed by atoms with Gasteiger partial charge >= 0.3 is 5.97 Å². The van der Waals surface area contributed by atoms with Crippen molar-refractivity contribution in [3.05, 3.63) is 17.5 Å². The average Bonchev–Trinajstić information content (AvgIpc) is 2.84. The van der Waals surface area contributed by atoms with Crippen LogP contribution in [0, 0.1) is 0 Å². The molecule has 0 spiro atoms. The molecule has 0 atom stereocenters. The normalized spacial score (nSPS) is 17.5. The van der Waals surface area contributed by atoms with Gasteiger partial charge in [-0.2, -0.15) is 5.10 Å². The molecule has 0 radical (unpaired) electrons. The highest BCUT2D eigenvalue weighted by atomic mass is 16.5. The fourth-order valence-corrected chi connectivity index (χ4v) is 2.37. The third-order valence-corrected chi connectivity index (χ3v) is 3.44. The van der Waals surface area contributed by atoms with Crippen molar-refractivity contribution in [2.45, 2.75) is 45.1 Å². The molecule has 5 heteroatoms. The van der Waals surface area contributed by atoms with Gasteiger partial charge in [-0.1, -0.05) is 20.8 Å². The first kappa shape index (κ1) is 14.1. The first-order chi connectivity index (χ1) is 8.93. The van der Waals surface area contributed by atoms with Crippen LogP contribution in [0.1, 0.15) is 55.8 Å². The number of ether oxygens (including phenoxy) is 2. The molecule has 0 N–H and O–H groups in total. The van der Waals surface area contributed by atoms with Crippen molar-refractivity contribution < 1.29 is 14.3 Å². The molecule has 1 saturated heterocycles. The van der Waals surface area contributed by atoms with Crippen LogP contribution in [0.15, 0.2) is 6.07 Å². The molecule has 2 heterocycles. The first-order valence-electron chi connectivity index (χ1n) is 6.69. The lowest BCUT2D eigenvalue weighted by molar-refractivity contribution is 0.0580. The van der Waals surface area contributed by atoms with Crippen LogP contribution in [0.5, 0.6) is 0 Å². The van der Waals surface area contributed by atoms with Crippen LogP contribution in [0.4, 0.5) is 0 Å². The summed E-state index contributed by atoms with van der Waals surface area (Å²) in [6, 6.07) is 2.16. The average molecular weight is 266 g/mol. The lowest BCUT2D eigenvalue weighted by Crippen LogP contribution is -2.26. The van der Waals surface area contributed by atoms with Gasteiger partial charge in [-0.25, -0.2) is 4.79 Å². The Hall–Kier alpha value is -1.36. The summed E-state index contributed by atoms with van der Waals surface area (Å²) in [6.45, 7) is 7.88. The van der Waals surface area contributed by atoms with Crippen LogP contribution in [0.3, 0.4) is 0 Å². The lowest BCUT2D eigenvalue weighted by Gasteiger charge is -2.28. The topological polar surface area (TPSA) is 53.4 Å². The highest BCUT2D eigenvalue weighted by Crippen LogP contribution is 2.29. The second-order valence-corrected chi connectivity index (χ2v) is 5.94.